The van der Waals surface area contributed by atoms with Crippen molar-refractivity contribution in [2.45, 2.75) is 18.6 Å². The Morgan fingerprint density at radius 1 is 1.34 bits per heavy atom. The molecule has 0 unspecified atom stereocenters. The van der Waals surface area contributed by atoms with Crippen LogP contribution in [0.2, 0.25) is 0 Å². The SMILES string of the molecule is Cn1nccc1-c1sc(C(=O)N[C@H](CN)Cc2cccc(C(F)(F)F)c2)cc1Br. The third-order valence-corrected chi connectivity index (χ3v) is 6.36. The number of alkyl halides is 3. The van der Waals surface area contributed by atoms with E-state index >= 15 is 0 Å². The Morgan fingerprint density at radius 2 is 2.10 bits per heavy atom. The highest BCUT2D eigenvalue weighted by molar-refractivity contribution is 9.10. The molecule has 0 fully saturated rings. The summed E-state index contributed by atoms with van der Waals surface area (Å²) in [5.41, 5.74) is 6.34. The Hall–Kier alpha value is -2.17. The number of halogens is 4. The lowest BCUT2D eigenvalue weighted by Gasteiger charge is -2.17. The molecular weight excluding hydrogens is 469 g/mol. The third kappa shape index (κ3) is 5.06. The monoisotopic (exact) mass is 486 g/mol. The Kier molecular flexibility index (Phi) is 6.45. The molecule has 0 saturated carbocycles. The standard InChI is InChI=1S/C19H18BrF3N4OS/c1-27-15(5-6-25-27)17-14(20)9-16(29-17)18(28)26-13(10-24)8-11-3-2-4-12(7-11)19(21,22)23/h2-7,9,13H,8,10,24H2,1H3,(H,26,28)/t13-/m0/s1. The largest absolute Gasteiger partial charge is 0.416 e. The minimum absolute atomic E-state index is 0.100. The summed E-state index contributed by atoms with van der Waals surface area (Å²) in [5.74, 6) is -0.327. The number of nitrogens with zero attached hydrogens (tertiary/aromatic N) is 2. The van der Waals surface area contributed by atoms with Gasteiger partial charge >= 0.3 is 6.18 Å². The van der Waals surface area contributed by atoms with E-state index in [0.717, 1.165) is 27.2 Å². The predicted molar refractivity (Wildman–Crippen MR) is 110 cm³/mol. The number of thiophene rings is 1. The second-order valence-corrected chi connectivity index (χ2v) is 8.34. The summed E-state index contributed by atoms with van der Waals surface area (Å²) in [6.07, 6.45) is -2.54. The molecule has 0 aliphatic rings. The fraction of sp³-hybridized carbons (Fsp3) is 0.263. The molecule has 2 aromatic heterocycles. The molecule has 0 aliphatic heterocycles. The van der Waals surface area contributed by atoms with E-state index in [1.54, 1.807) is 30.1 Å². The molecule has 10 heteroatoms. The van der Waals surface area contributed by atoms with Gasteiger partial charge in [0.15, 0.2) is 0 Å². The maximum Gasteiger partial charge on any atom is 0.416 e. The van der Waals surface area contributed by atoms with Crippen LogP contribution in [0, 0.1) is 0 Å². The number of hydrogen-bond acceptors (Lipinski definition) is 4. The van der Waals surface area contributed by atoms with Gasteiger partial charge in [-0.15, -0.1) is 11.3 Å². The normalized spacial score (nSPS) is 12.8. The van der Waals surface area contributed by atoms with Crippen LogP contribution in [0.4, 0.5) is 13.2 Å². The maximum atomic E-state index is 12.9. The van der Waals surface area contributed by atoms with E-state index < -0.39 is 17.8 Å². The van der Waals surface area contributed by atoms with Crippen molar-refractivity contribution in [3.8, 4) is 10.6 Å². The van der Waals surface area contributed by atoms with Crippen LogP contribution >= 0.6 is 27.3 Å². The van der Waals surface area contributed by atoms with Gasteiger partial charge in [-0.1, -0.05) is 18.2 Å². The van der Waals surface area contributed by atoms with Crippen LogP contribution < -0.4 is 11.1 Å². The first-order valence-electron chi connectivity index (χ1n) is 8.64. The molecule has 154 valence electrons. The number of carbonyl (C=O) groups excluding carboxylic acids is 1. The molecule has 29 heavy (non-hydrogen) atoms. The molecule has 5 nitrogen and oxygen atoms in total. The average molecular weight is 487 g/mol. The number of aromatic nitrogens is 2. The predicted octanol–water partition coefficient (Wildman–Crippen LogP) is 4.23. The second-order valence-electron chi connectivity index (χ2n) is 6.44. The number of carbonyl (C=O) groups is 1. The molecule has 2 heterocycles. The summed E-state index contributed by atoms with van der Waals surface area (Å²) in [6, 6.07) is 8.09. The molecule has 0 aliphatic carbocycles. The molecular formula is C19H18BrF3N4OS. The average Bonchev–Trinajstić information content (AvgIpc) is 3.25. The van der Waals surface area contributed by atoms with Gasteiger partial charge in [-0.05, 0) is 46.1 Å². The first-order chi connectivity index (χ1) is 13.7. The van der Waals surface area contributed by atoms with Crippen LogP contribution in [0.3, 0.4) is 0 Å². The minimum Gasteiger partial charge on any atom is -0.347 e. The highest BCUT2D eigenvalue weighted by atomic mass is 79.9. The smallest absolute Gasteiger partial charge is 0.347 e. The Labute approximate surface area is 177 Å². The van der Waals surface area contributed by atoms with Gasteiger partial charge in [0.2, 0.25) is 0 Å². The summed E-state index contributed by atoms with van der Waals surface area (Å²) in [4.78, 5) is 14.0. The van der Waals surface area contributed by atoms with Crippen molar-refractivity contribution in [3.05, 3.63) is 63.1 Å². The zero-order valence-electron chi connectivity index (χ0n) is 15.3. The zero-order chi connectivity index (χ0) is 21.2. The van der Waals surface area contributed by atoms with Crippen molar-refractivity contribution in [1.82, 2.24) is 15.1 Å². The van der Waals surface area contributed by atoms with E-state index in [9.17, 15) is 18.0 Å². The number of nitrogens with two attached hydrogens (primary N) is 1. The highest BCUT2D eigenvalue weighted by Gasteiger charge is 2.30. The van der Waals surface area contributed by atoms with Gasteiger partial charge in [-0.2, -0.15) is 18.3 Å². The van der Waals surface area contributed by atoms with E-state index in [4.69, 9.17) is 5.73 Å². The van der Waals surface area contributed by atoms with Crippen molar-refractivity contribution < 1.29 is 18.0 Å². The van der Waals surface area contributed by atoms with E-state index in [1.807, 2.05) is 6.07 Å². The minimum atomic E-state index is -4.41. The summed E-state index contributed by atoms with van der Waals surface area (Å²) in [7, 11) is 1.81. The highest BCUT2D eigenvalue weighted by Crippen LogP contribution is 2.36. The zero-order valence-corrected chi connectivity index (χ0v) is 17.7. The van der Waals surface area contributed by atoms with Crippen molar-refractivity contribution in [2.24, 2.45) is 12.8 Å². The molecule has 1 atom stereocenters. The number of amides is 1. The maximum absolute atomic E-state index is 12.9. The van der Waals surface area contributed by atoms with E-state index in [1.165, 1.54) is 17.4 Å². The summed E-state index contributed by atoms with van der Waals surface area (Å²) in [5, 5.41) is 6.94. The molecule has 3 aromatic rings. The molecule has 1 amide bonds. The number of benzene rings is 1. The molecule has 3 rings (SSSR count). The number of hydrogen-bond donors (Lipinski definition) is 2. The van der Waals surface area contributed by atoms with Gasteiger partial charge in [-0.25, -0.2) is 0 Å². The lowest BCUT2D eigenvalue weighted by Crippen LogP contribution is -2.41. The van der Waals surface area contributed by atoms with Gasteiger partial charge in [0.05, 0.1) is 21.0 Å². The van der Waals surface area contributed by atoms with Gasteiger partial charge in [0.1, 0.15) is 0 Å². The lowest BCUT2D eigenvalue weighted by molar-refractivity contribution is -0.137. The first-order valence-corrected chi connectivity index (χ1v) is 10.2. The summed E-state index contributed by atoms with van der Waals surface area (Å²) >= 11 is 4.76. The van der Waals surface area contributed by atoms with Crippen molar-refractivity contribution in [1.29, 1.82) is 0 Å². The first kappa shape index (κ1) is 21.5. The quantitative estimate of drug-likeness (QED) is 0.547. The lowest BCUT2D eigenvalue weighted by atomic mass is 10.0. The van der Waals surface area contributed by atoms with E-state index in [2.05, 4.69) is 26.3 Å². The fourth-order valence-electron chi connectivity index (χ4n) is 2.86. The molecule has 3 N–H and O–H groups in total. The van der Waals surface area contributed by atoms with Crippen LogP contribution in [0.5, 0.6) is 0 Å². The van der Waals surface area contributed by atoms with Crippen molar-refractivity contribution in [2.75, 3.05) is 6.54 Å². The van der Waals surface area contributed by atoms with Crippen molar-refractivity contribution in [3.63, 3.8) is 0 Å². The van der Waals surface area contributed by atoms with Gasteiger partial charge in [-0.3, -0.25) is 9.48 Å². The number of rotatable bonds is 6. The number of aryl methyl sites for hydroxylation is 1. The second kappa shape index (κ2) is 8.68. The fourth-order valence-corrected chi connectivity index (χ4v) is 4.70. The summed E-state index contributed by atoms with van der Waals surface area (Å²) in [6.45, 7) is 0.100. The Bertz CT molecular complexity index is 1020. The third-order valence-electron chi connectivity index (χ3n) is 4.32. The van der Waals surface area contributed by atoms with Crippen LogP contribution in [-0.4, -0.2) is 28.3 Å². The van der Waals surface area contributed by atoms with Crippen molar-refractivity contribution >= 4 is 33.2 Å². The van der Waals surface area contributed by atoms with Gasteiger partial charge in [0, 0.05) is 30.3 Å². The molecule has 0 bridgehead atoms. The molecule has 1 aromatic carbocycles. The number of nitrogens with one attached hydrogen (secondary N) is 1. The summed E-state index contributed by atoms with van der Waals surface area (Å²) < 4.78 is 41.2. The molecule has 0 radical (unpaired) electrons. The van der Waals surface area contributed by atoms with Gasteiger partial charge < -0.3 is 11.1 Å². The van der Waals surface area contributed by atoms with E-state index in [-0.39, 0.29) is 18.9 Å². The Morgan fingerprint density at radius 3 is 2.72 bits per heavy atom. The van der Waals surface area contributed by atoms with E-state index in [0.29, 0.717) is 10.4 Å². The van der Waals surface area contributed by atoms with Gasteiger partial charge in [0.25, 0.3) is 5.91 Å². The Balaban J connectivity index is 1.73. The molecule has 0 saturated heterocycles. The van der Waals surface area contributed by atoms with Crippen LogP contribution in [0.25, 0.3) is 10.6 Å². The van der Waals surface area contributed by atoms with Crippen LogP contribution in [0.15, 0.2) is 47.1 Å². The van der Waals surface area contributed by atoms with Crippen LogP contribution in [0.1, 0.15) is 20.8 Å². The molecule has 0 spiro atoms. The van der Waals surface area contributed by atoms with Crippen LogP contribution in [-0.2, 0) is 19.6 Å². The topological polar surface area (TPSA) is 72.9 Å².